The Labute approximate surface area is 187 Å². The summed E-state index contributed by atoms with van der Waals surface area (Å²) in [6.45, 7) is 6.25. The van der Waals surface area contributed by atoms with E-state index in [1.54, 1.807) is 12.4 Å². The summed E-state index contributed by atoms with van der Waals surface area (Å²) in [6.07, 6.45) is 8.36. The van der Waals surface area contributed by atoms with Crippen LogP contribution in [0.2, 0.25) is 0 Å². The summed E-state index contributed by atoms with van der Waals surface area (Å²) in [6, 6.07) is 9.60. The van der Waals surface area contributed by atoms with Crippen LogP contribution >= 0.6 is 0 Å². The van der Waals surface area contributed by atoms with Crippen molar-refractivity contribution in [2.75, 3.05) is 0 Å². The highest BCUT2D eigenvalue weighted by atomic mass is 16.3. The van der Waals surface area contributed by atoms with Crippen molar-refractivity contribution in [2.24, 2.45) is 0 Å². The average Bonchev–Trinajstić information content (AvgIpc) is 3.27. The predicted octanol–water partition coefficient (Wildman–Crippen LogP) is 4.69. The molecule has 7 nitrogen and oxygen atoms in total. The Hall–Kier alpha value is -3.87. The number of pyridine rings is 1. The van der Waals surface area contributed by atoms with Crippen molar-refractivity contribution in [1.82, 2.24) is 25.3 Å². The number of rotatable bonds is 7. The molecule has 4 aromatic rings. The summed E-state index contributed by atoms with van der Waals surface area (Å²) < 4.78 is 5.71. The number of aromatic nitrogens is 4. The summed E-state index contributed by atoms with van der Waals surface area (Å²) in [5, 5.41) is 2.93. The van der Waals surface area contributed by atoms with Crippen LogP contribution in [0.15, 0.2) is 59.7 Å². The molecule has 0 spiro atoms. The molecular weight excluding hydrogens is 402 g/mol. The number of benzene rings is 1. The van der Waals surface area contributed by atoms with Crippen LogP contribution in [0.3, 0.4) is 0 Å². The third-order valence-electron chi connectivity index (χ3n) is 5.06. The van der Waals surface area contributed by atoms with E-state index in [1.807, 2.05) is 50.4 Å². The van der Waals surface area contributed by atoms with E-state index in [1.165, 1.54) is 6.39 Å². The second-order valence-electron chi connectivity index (χ2n) is 7.73. The minimum absolute atomic E-state index is 0.209. The Bertz CT molecular complexity index is 1210. The normalized spacial score (nSPS) is 10.8. The zero-order valence-corrected chi connectivity index (χ0v) is 18.4. The maximum absolute atomic E-state index is 13.0. The van der Waals surface area contributed by atoms with Gasteiger partial charge in [-0.05, 0) is 50.1 Å². The van der Waals surface area contributed by atoms with Crippen LogP contribution in [0.4, 0.5) is 0 Å². The number of nitrogens with zero attached hydrogens (tertiary/aromatic N) is 4. The predicted molar refractivity (Wildman–Crippen MR) is 122 cm³/mol. The number of nitrogens with one attached hydrogen (secondary N) is 1. The van der Waals surface area contributed by atoms with Crippen molar-refractivity contribution >= 4 is 5.91 Å². The molecule has 0 unspecified atom stereocenters. The van der Waals surface area contributed by atoms with Crippen LogP contribution in [0.5, 0.6) is 0 Å². The van der Waals surface area contributed by atoms with Crippen LogP contribution in [-0.4, -0.2) is 25.8 Å². The standard InChI is InChI=1S/C25H25N5O2/c1-4-5-23-24(32-15-30-23)19-8-18(22-7-6-16(2)11-28-22)9-20(10-19)25(31)29-14-21-13-26-17(3)12-27-21/h6-13,15H,4-5,14H2,1-3H3,(H,29,31). The first-order chi connectivity index (χ1) is 15.5. The largest absolute Gasteiger partial charge is 0.443 e. The van der Waals surface area contributed by atoms with E-state index < -0.39 is 0 Å². The maximum atomic E-state index is 13.0. The van der Waals surface area contributed by atoms with E-state index in [-0.39, 0.29) is 12.5 Å². The summed E-state index contributed by atoms with van der Waals surface area (Å²) >= 11 is 0. The molecule has 0 saturated heterocycles. The SMILES string of the molecule is CCCc1ncoc1-c1cc(C(=O)NCc2cnc(C)cn2)cc(-c2ccc(C)cn2)c1. The molecule has 1 amide bonds. The molecular formula is C25H25N5O2. The molecule has 0 bridgehead atoms. The van der Waals surface area contributed by atoms with Gasteiger partial charge in [-0.3, -0.25) is 19.7 Å². The Morgan fingerprint density at radius 1 is 0.969 bits per heavy atom. The Morgan fingerprint density at radius 3 is 2.53 bits per heavy atom. The van der Waals surface area contributed by atoms with Gasteiger partial charge in [-0.25, -0.2) is 4.98 Å². The molecule has 0 saturated carbocycles. The van der Waals surface area contributed by atoms with E-state index in [9.17, 15) is 4.79 Å². The number of oxazole rings is 1. The lowest BCUT2D eigenvalue weighted by molar-refractivity contribution is 0.0950. The van der Waals surface area contributed by atoms with Gasteiger partial charge in [0.05, 0.1) is 35.5 Å². The molecule has 1 aromatic carbocycles. The second kappa shape index (κ2) is 9.51. The average molecular weight is 428 g/mol. The summed E-state index contributed by atoms with van der Waals surface area (Å²) in [4.78, 5) is 30.4. The lowest BCUT2D eigenvalue weighted by Gasteiger charge is -2.10. The van der Waals surface area contributed by atoms with E-state index in [0.29, 0.717) is 17.0 Å². The van der Waals surface area contributed by atoms with Crippen molar-refractivity contribution in [3.63, 3.8) is 0 Å². The number of carbonyl (C=O) groups is 1. The van der Waals surface area contributed by atoms with Gasteiger partial charge in [-0.1, -0.05) is 19.4 Å². The van der Waals surface area contributed by atoms with Gasteiger partial charge in [-0.15, -0.1) is 0 Å². The molecule has 0 radical (unpaired) electrons. The molecule has 0 fully saturated rings. The van der Waals surface area contributed by atoms with Gasteiger partial charge in [0.1, 0.15) is 0 Å². The van der Waals surface area contributed by atoms with Crippen molar-refractivity contribution < 1.29 is 9.21 Å². The summed E-state index contributed by atoms with van der Waals surface area (Å²) in [7, 11) is 0. The second-order valence-corrected chi connectivity index (χ2v) is 7.73. The van der Waals surface area contributed by atoms with Gasteiger partial charge in [0, 0.05) is 29.1 Å². The van der Waals surface area contributed by atoms with E-state index in [2.05, 4.69) is 32.2 Å². The highest BCUT2D eigenvalue weighted by Crippen LogP contribution is 2.30. The molecule has 162 valence electrons. The summed E-state index contributed by atoms with van der Waals surface area (Å²) in [5.74, 6) is 0.471. The van der Waals surface area contributed by atoms with Crippen molar-refractivity contribution in [2.45, 2.75) is 40.2 Å². The van der Waals surface area contributed by atoms with Gasteiger partial charge in [0.25, 0.3) is 5.91 Å². The van der Waals surface area contributed by atoms with Gasteiger partial charge in [-0.2, -0.15) is 0 Å². The molecule has 4 rings (SSSR count). The Kier molecular flexibility index (Phi) is 6.35. The van der Waals surface area contributed by atoms with Crippen molar-refractivity contribution in [3.05, 3.63) is 83.5 Å². The van der Waals surface area contributed by atoms with Crippen molar-refractivity contribution in [3.8, 4) is 22.6 Å². The van der Waals surface area contributed by atoms with E-state index in [4.69, 9.17) is 4.42 Å². The number of aryl methyl sites for hydroxylation is 3. The smallest absolute Gasteiger partial charge is 0.251 e. The number of carbonyl (C=O) groups excluding carboxylic acids is 1. The van der Waals surface area contributed by atoms with Gasteiger partial charge in [0.2, 0.25) is 0 Å². The molecule has 0 aliphatic rings. The van der Waals surface area contributed by atoms with Crippen LogP contribution < -0.4 is 5.32 Å². The number of hydrogen-bond donors (Lipinski definition) is 1. The molecule has 0 atom stereocenters. The van der Waals surface area contributed by atoms with Gasteiger partial charge < -0.3 is 9.73 Å². The van der Waals surface area contributed by atoms with Crippen LogP contribution in [0.1, 0.15) is 46.3 Å². The number of hydrogen-bond acceptors (Lipinski definition) is 6. The zero-order chi connectivity index (χ0) is 22.5. The molecule has 0 aliphatic carbocycles. The minimum Gasteiger partial charge on any atom is -0.443 e. The van der Waals surface area contributed by atoms with Crippen LogP contribution in [0, 0.1) is 13.8 Å². The first kappa shape index (κ1) is 21.4. The lowest BCUT2D eigenvalue weighted by Crippen LogP contribution is -2.23. The zero-order valence-electron chi connectivity index (χ0n) is 18.4. The molecule has 0 aliphatic heterocycles. The quantitative estimate of drug-likeness (QED) is 0.460. The van der Waals surface area contributed by atoms with Crippen molar-refractivity contribution in [1.29, 1.82) is 0 Å². The maximum Gasteiger partial charge on any atom is 0.251 e. The lowest BCUT2D eigenvalue weighted by atomic mass is 9.99. The van der Waals surface area contributed by atoms with E-state index >= 15 is 0 Å². The van der Waals surface area contributed by atoms with Gasteiger partial charge in [0.15, 0.2) is 12.2 Å². The molecule has 7 heteroatoms. The highest BCUT2D eigenvalue weighted by molar-refractivity contribution is 5.97. The third-order valence-corrected chi connectivity index (χ3v) is 5.06. The molecule has 1 N–H and O–H groups in total. The Balaban J connectivity index is 1.69. The molecule has 32 heavy (non-hydrogen) atoms. The molecule has 3 heterocycles. The molecule has 3 aromatic heterocycles. The van der Waals surface area contributed by atoms with E-state index in [0.717, 1.165) is 46.6 Å². The highest BCUT2D eigenvalue weighted by Gasteiger charge is 2.16. The van der Waals surface area contributed by atoms with Crippen LogP contribution in [-0.2, 0) is 13.0 Å². The third kappa shape index (κ3) is 4.88. The van der Waals surface area contributed by atoms with Gasteiger partial charge >= 0.3 is 0 Å². The monoisotopic (exact) mass is 427 g/mol. The fourth-order valence-corrected chi connectivity index (χ4v) is 3.38. The first-order valence-electron chi connectivity index (χ1n) is 10.6. The topological polar surface area (TPSA) is 93.8 Å². The summed E-state index contributed by atoms with van der Waals surface area (Å²) in [5.41, 5.74) is 6.41. The first-order valence-corrected chi connectivity index (χ1v) is 10.6. The minimum atomic E-state index is -0.209. The van der Waals surface area contributed by atoms with Crippen LogP contribution in [0.25, 0.3) is 22.6 Å². The fraction of sp³-hybridized carbons (Fsp3) is 0.240. The fourth-order valence-electron chi connectivity index (χ4n) is 3.38. The number of amides is 1. The Morgan fingerprint density at radius 2 is 1.81 bits per heavy atom.